The molecule has 0 aliphatic rings. The van der Waals surface area contributed by atoms with Gasteiger partial charge in [-0.25, -0.2) is 8.78 Å². The van der Waals surface area contributed by atoms with E-state index in [-0.39, 0.29) is 6.61 Å². The third kappa shape index (κ3) is 2.75. The monoisotopic (exact) mass is 202 g/mol. The second-order valence-corrected chi connectivity index (χ2v) is 2.85. The van der Waals surface area contributed by atoms with Crippen molar-refractivity contribution in [1.29, 1.82) is 0 Å². The molecule has 0 amide bonds. The average molecular weight is 202 g/mol. The molecule has 0 bridgehead atoms. The normalized spacial score (nSPS) is 12.9. The van der Waals surface area contributed by atoms with Crippen molar-refractivity contribution in [2.75, 3.05) is 13.2 Å². The van der Waals surface area contributed by atoms with Crippen molar-refractivity contribution in [2.45, 2.75) is 13.0 Å². The van der Waals surface area contributed by atoms with E-state index >= 15 is 0 Å². The summed E-state index contributed by atoms with van der Waals surface area (Å²) in [6.45, 7) is 2.35. The topological polar surface area (TPSA) is 29.5 Å². The molecule has 1 unspecified atom stereocenters. The number of hydrogen-bond acceptors (Lipinski definition) is 2. The first-order valence-electron chi connectivity index (χ1n) is 4.36. The van der Waals surface area contributed by atoms with E-state index in [4.69, 9.17) is 4.74 Å². The molecule has 2 nitrogen and oxygen atoms in total. The lowest BCUT2D eigenvalue weighted by Crippen LogP contribution is -2.07. The van der Waals surface area contributed by atoms with Crippen molar-refractivity contribution in [3.05, 3.63) is 35.4 Å². The molecule has 0 saturated carbocycles. The molecule has 1 rings (SSSR count). The summed E-state index contributed by atoms with van der Waals surface area (Å²) in [4.78, 5) is 0. The Hall–Kier alpha value is -1.00. The van der Waals surface area contributed by atoms with Gasteiger partial charge in [-0.3, -0.25) is 0 Å². The predicted molar refractivity (Wildman–Crippen MR) is 47.8 cm³/mol. The molecule has 1 N–H and O–H groups in total. The highest BCUT2D eigenvalue weighted by Gasteiger charge is 2.10. The van der Waals surface area contributed by atoms with Crippen LogP contribution in [0, 0.1) is 11.6 Å². The molecule has 0 fully saturated rings. The van der Waals surface area contributed by atoms with Gasteiger partial charge in [0.05, 0.1) is 6.61 Å². The molecule has 0 aliphatic heterocycles. The van der Waals surface area contributed by atoms with Crippen molar-refractivity contribution < 1.29 is 18.6 Å². The molecule has 0 heterocycles. The van der Waals surface area contributed by atoms with Gasteiger partial charge in [-0.2, -0.15) is 0 Å². The molecule has 0 radical (unpaired) electrons. The van der Waals surface area contributed by atoms with Gasteiger partial charge in [0.25, 0.3) is 0 Å². The Kier molecular flexibility index (Phi) is 3.98. The SMILES string of the molecule is CCOCC(O)c1ccc(F)c(F)c1. The standard InChI is InChI=1S/C10H12F2O2/c1-2-14-6-10(13)7-3-4-8(11)9(12)5-7/h3-5,10,13H,2,6H2,1H3. The third-order valence-corrected chi connectivity index (χ3v) is 1.81. The molecule has 0 aliphatic carbocycles. The van der Waals surface area contributed by atoms with Gasteiger partial charge in [0.1, 0.15) is 6.10 Å². The van der Waals surface area contributed by atoms with Gasteiger partial charge in [-0.1, -0.05) is 6.07 Å². The van der Waals surface area contributed by atoms with E-state index in [2.05, 4.69) is 0 Å². The Morgan fingerprint density at radius 2 is 2.07 bits per heavy atom. The number of aliphatic hydroxyl groups is 1. The number of benzene rings is 1. The first kappa shape index (κ1) is 11.1. The van der Waals surface area contributed by atoms with Crippen LogP contribution in [0.2, 0.25) is 0 Å². The van der Waals surface area contributed by atoms with Gasteiger partial charge >= 0.3 is 0 Å². The Morgan fingerprint density at radius 1 is 1.36 bits per heavy atom. The van der Waals surface area contributed by atoms with E-state index in [0.29, 0.717) is 12.2 Å². The summed E-state index contributed by atoms with van der Waals surface area (Å²) in [6.07, 6.45) is -0.912. The highest BCUT2D eigenvalue weighted by molar-refractivity contribution is 5.19. The lowest BCUT2D eigenvalue weighted by atomic mass is 10.1. The zero-order valence-corrected chi connectivity index (χ0v) is 7.84. The maximum Gasteiger partial charge on any atom is 0.159 e. The van der Waals surface area contributed by atoms with Crippen LogP contribution in [0.4, 0.5) is 8.78 Å². The molecular formula is C10H12F2O2. The van der Waals surface area contributed by atoms with Crippen molar-refractivity contribution in [3.63, 3.8) is 0 Å². The van der Waals surface area contributed by atoms with Crippen LogP contribution in [-0.2, 0) is 4.74 Å². The zero-order valence-electron chi connectivity index (χ0n) is 7.84. The third-order valence-electron chi connectivity index (χ3n) is 1.81. The molecule has 1 atom stereocenters. The molecule has 0 saturated heterocycles. The van der Waals surface area contributed by atoms with E-state index in [1.54, 1.807) is 6.92 Å². The Morgan fingerprint density at radius 3 is 2.64 bits per heavy atom. The van der Waals surface area contributed by atoms with Crippen LogP contribution in [0.15, 0.2) is 18.2 Å². The molecule has 0 aromatic heterocycles. The average Bonchev–Trinajstić information content (AvgIpc) is 2.18. The Balaban J connectivity index is 2.70. The van der Waals surface area contributed by atoms with Crippen LogP contribution in [0.1, 0.15) is 18.6 Å². The minimum atomic E-state index is -0.960. The highest BCUT2D eigenvalue weighted by atomic mass is 19.2. The highest BCUT2D eigenvalue weighted by Crippen LogP contribution is 2.16. The van der Waals surface area contributed by atoms with Gasteiger partial charge < -0.3 is 9.84 Å². The van der Waals surface area contributed by atoms with Crippen molar-refractivity contribution in [1.82, 2.24) is 0 Å². The fraction of sp³-hybridized carbons (Fsp3) is 0.400. The molecule has 14 heavy (non-hydrogen) atoms. The first-order valence-corrected chi connectivity index (χ1v) is 4.36. The Labute approximate surface area is 81.1 Å². The maximum atomic E-state index is 12.7. The van der Waals surface area contributed by atoms with Crippen LogP contribution < -0.4 is 0 Å². The van der Waals surface area contributed by atoms with Crippen LogP contribution in [0.5, 0.6) is 0 Å². The van der Waals surface area contributed by atoms with E-state index < -0.39 is 17.7 Å². The largest absolute Gasteiger partial charge is 0.386 e. The van der Waals surface area contributed by atoms with E-state index in [1.807, 2.05) is 0 Å². The number of ether oxygens (including phenoxy) is 1. The summed E-state index contributed by atoms with van der Waals surface area (Å²) >= 11 is 0. The maximum absolute atomic E-state index is 12.7. The van der Waals surface area contributed by atoms with Gasteiger partial charge in [-0.15, -0.1) is 0 Å². The molecular weight excluding hydrogens is 190 g/mol. The van der Waals surface area contributed by atoms with Crippen molar-refractivity contribution in [3.8, 4) is 0 Å². The zero-order chi connectivity index (χ0) is 10.6. The quantitative estimate of drug-likeness (QED) is 0.809. The number of halogens is 2. The summed E-state index contributed by atoms with van der Waals surface area (Å²) in [5.41, 5.74) is 0.317. The summed E-state index contributed by atoms with van der Waals surface area (Å²) < 4.78 is 30.2. The van der Waals surface area contributed by atoms with Gasteiger partial charge in [0, 0.05) is 6.61 Å². The fourth-order valence-electron chi connectivity index (χ4n) is 1.05. The molecule has 4 heteroatoms. The smallest absolute Gasteiger partial charge is 0.159 e. The van der Waals surface area contributed by atoms with Crippen LogP contribution >= 0.6 is 0 Å². The van der Waals surface area contributed by atoms with Gasteiger partial charge in [0.15, 0.2) is 11.6 Å². The van der Waals surface area contributed by atoms with Crippen LogP contribution in [0.3, 0.4) is 0 Å². The second kappa shape index (κ2) is 5.02. The first-order chi connectivity index (χ1) is 6.65. The molecule has 1 aromatic carbocycles. The van der Waals surface area contributed by atoms with E-state index in [9.17, 15) is 13.9 Å². The number of hydrogen-bond donors (Lipinski definition) is 1. The lowest BCUT2D eigenvalue weighted by molar-refractivity contribution is 0.0418. The van der Waals surface area contributed by atoms with Crippen LogP contribution in [-0.4, -0.2) is 18.3 Å². The van der Waals surface area contributed by atoms with E-state index in [0.717, 1.165) is 12.1 Å². The predicted octanol–water partition coefficient (Wildman–Crippen LogP) is 2.03. The Bertz CT molecular complexity index is 302. The molecule has 1 aromatic rings. The second-order valence-electron chi connectivity index (χ2n) is 2.85. The van der Waals surface area contributed by atoms with Gasteiger partial charge in [-0.05, 0) is 24.6 Å². The number of rotatable bonds is 4. The van der Waals surface area contributed by atoms with Crippen molar-refractivity contribution >= 4 is 0 Å². The lowest BCUT2D eigenvalue weighted by Gasteiger charge is -2.10. The summed E-state index contributed by atoms with van der Waals surface area (Å²) in [5.74, 6) is -1.88. The van der Waals surface area contributed by atoms with Gasteiger partial charge in [0.2, 0.25) is 0 Å². The summed E-state index contributed by atoms with van der Waals surface area (Å²) in [5, 5.41) is 9.45. The fourth-order valence-corrected chi connectivity index (χ4v) is 1.05. The summed E-state index contributed by atoms with van der Waals surface area (Å²) in [6, 6.07) is 3.29. The minimum Gasteiger partial charge on any atom is -0.386 e. The molecule has 0 spiro atoms. The minimum absolute atomic E-state index is 0.0849. The molecule has 78 valence electrons. The van der Waals surface area contributed by atoms with E-state index in [1.165, 1.54) is 6.07 Å². The van der Waals surface area contributed by atoms with Crippen molar-refractivity contribution in [2.24, 2.45) is 0 Å². The van der Waals surface area contributed by atoms with Crippen LogP contribution in [0.25, 0.3) is 0 Å². The number of aliphatic hydroxyl groups excluding tert-OH is 1. The summed E-state index contributed by atoms with van der Waals surface area (Å²) in [7, 11) is 0.